The van der Waals surface area contributed by atoms with Crippen LogP contribution >= 0.6 is 11.7 Å². The van der Waals surface area contributed by atoms with Gasteiger partial charge in [-0.25, -0.2) is 0 Å². The maximum Gasteiger partial charge on any atom is 0.128 e. The zero-order valence-corrected chi connectivity index (χ0v) is 15.2. The number of methoxy groups -OCH3 is 1. The Hall–Kier alpha value is -2.34. The SMILES string of the molecule is COc1cccc2c1[C@H]1Nc3c(ccc4nsnc34)C(C)(C)[C@H]1CO2. The number of ether oxygens (including phenoxy) is 2. The third-order valence-electron chi connectivity index (χ3n) is 5.73. The van der Waals surface area contributed by atoms with Gasteiger partial charge in [0.05, 0.1) is 42.7 Å². The molecule has 5 nitrogen and oxygen atoms in total. The normalized spacial score (nSPS) is 23.0. The molecule has 3 heterocycles. The first-order valence-electron chi connectivity index (χ1n) is 8.43. The van der Waals surface area contributed by atoms with Crippen LogP contribution in [0.1, 0.15) is 31.0 Å². The van der Waals surface area contributed by atoms with Crippen LogP contribution in [-0.4, -0.2) is 22.5 Å². The van der Waals surface area contributed by atoms with Crippen molar-refractivity contribution in [1.82, 2.24) is 8.75 Å². The summed E-state index contributed by atoms with van der Waals surface area (Å²) in [5.74, 6) is 2.06. The number of hydrogen-bond acceptors (Lipinski definition) is 6. The summed E-state index contributed by atoms with van der Waals surface area (Å²) in [5.41, 5.74) is 5.31. The fourth-order valence-electron chi connectivity index (χ4n) is 4.30. The monoisotopic (exact) mass is 353 g/mol. The molecule has 1 N–H and O–H groups in total. The second-order valence-electron chi connectivity index (χ2n) is 7.25. The molecular formula is C19H19N3O2S. The maximum absolute atomic E-state index is 6.11. The van der Waals surface area contributed by atoms with Crippen molar-refractivity contribution < 1.29 is 9.47 Å². The number of nitrogens with zero attached hydrogens (tertiary/aromatic N) is 2. The molecule has 0 radical (unpaired) electrons. The van der Waals surface area contributed by atoms with Crippen LogP contribution < -0.4 is 14.8 Å². The van der Waals surface area contributed by atoms with Gasteiger partial charge in [0.2, 0.25) is 0 Å². The Morgan fingerprint density at radius 1 is 1.24 bits per heavy atom. The zero-order valence-electron chi connectivity index (χ0n) is 14.4. The largest absolute Gasteiger partial charge is 0.496 e. The molecule has 2 aliphatic heterocycles. The molecule has 0 bridgehead atoms. The van der Waals surface area contributed by atoms with Gasteiger partial charge in [-0.2, -0.15) is 8.75 Å². The van der Waals surface area contributed by atoms with E-state index in [1.807, 2.05) is 18.2 Å². The van der Waals surface area contributed by atoms with E-state index in [2.05, 4.69) is 40.0 Å². The van der Waals surface area contributed by atoms with Crippen molar-refractivity contribution in [3.05, 3.63) is 41.5 Å². The second-order valence-corrected chi connectivity index (χ2v) is 7.78. The molecule has 25 heavy (non-hydrogen) atoms. The van der Waals surface area contributed by atoms with E-state index >= 15 is 0 Å². The van der Waals surface area contributed by atoms with Crippen molar-refractivity contribution in [1.29, 1.82) is 0 Å². The van der Waals surface area contributed by atoms with E-state index in [4.69, 9.17) is 9.47 Å². The van der Waals surface area contributed by atoms with Gasteiger partial charge in [-0.15, -0.1) is 0 Å². The quantitative estimate of drug-likeness (QED) is 0.712. The van der Waals surface area contributed by atoms with Crippen LogP contribution in [0.15, 0.2) is 30.3 Å². The molecule has 2 aliphatic rings. The molecule has 128 valence electrons. The van der Waals surface area contributed by atoms with E-state index in [-0.39, 0.29) is 11.5 Å². The first kappa shape index (κ1) is 15.0. The Bertz CT molecular complexity index is 968. The van der Waals surface area contributed by atoms with Gasteiger partial charge in [-0.3, -0.25) is 0 Å². The average molecular weight is 353 g/mol. The van der Waals surface area contributed by atoms with Crippen LogP contribution in [0.3, 0.4) is 0 Å². The zero-order chi connectivity index (χ0) is 17.2. The molecule has 0 amide bonds. The lowest BCUT2D eigenvalue weighted by atomic mass is 9.65. The van der Waals surface area contributed by atoms with Crippen LogP contribution in [0.4, 0.5) is 5.69 Å². The predicted molar refractivity (Wildman–Crippen MR) is 98.8 cm³/mol. The number of nitrogens with one attached hydrogen (secondary N) is 1. The standard InChI is InChI=1S/C19H19N3O2S/c1-19(2)10-7-8-12-18(22-25-21-12)17(10)20-16-11(19)9-24-14-6-4-5-13(23-3)15(14)16/h4-8,11,16,20H,9H2,1-3H3/t11-,16-/m0/s1. The molecule has 3 aromatic rings. The van der Waals surface area contributed by atoms with Crippen molar-refractivity contribution in [3.8, 4) is 11.5 Å². The summed E-state index contributed by atoms with van der Waals surface area (Å²) in [6, 6.07) is 10.4. The fourth-order valence-corrected chi connectivity index (χ4v) is 4.84. The summed E-state index contributed by atoms with van der Waals surface area (Å²) in [6.07, 6.45) is 0. The van der Waals surface area contributed by atoms with Crippen LogP contribution in [0.25, 0.3) is 11.0 Å². The van der Waals surface area contributed by atoms with Crippen LogP contribution in [0.5, 0.6) is 11.5 Å². The minimum atomic E-state index is -0.0540. The van der Waals surface area contributed by atoms with Gasteiger partial charge >= 0.3 is 0 Å². The number of hydrogen-bond donors (Lipinski definition) is 1. The molecule has 0 fully saturated rings. The van der Waals surface area contributed by atoms with Crippen molar-refractivity contribution in [2.45, 2.75) is 25.3 Å². The lowest BCUT2D eigenvalue weighted by Crippen LogP contribution is -2.46. The third-order valence-corrected chi connectivity index (χ3v) is 6.27. The van der Waals surface area contributed by atoms with E-state index in [1.165, 1.54) is 17.3 Å². The molecule has 0 aliphatic carbocycles. The Morgan fingerprint density at radius 2 is 2.12 bits per heavy atom. The fraction of sp³-hybridized carbons (Fsp3) is 0.368. The lowest BCUT2D eigenvalue weighted by molar-refractivity contribution is 0.133. The summed E-state index contributed by atoms with van der Waals surface area (Å²) in [5, 5.41) is 3.76. The van der Waals surface area contributed by atoms with Crippen LogP contribution in [0.2, 0.25) is 0 Å². The smallest absolute Gasteiger partial charge is 0.128 e. The highest BCUT2D eigenvalue weighted by Gasteiger charge is 2.48. The number of fused-ring (bicyclic) bond motifs is 6. The average Bonchev–Trinajstić information content (AvgIpc) is 3.10. The molecule has 1 aromatic heterocycles. The Labute approximate surface area is 150 Å². The van der Waals surface area contributed by atoms with Gasteiger partial charge in [-0.1, -0.05) is 26.0 Å². The minimum Gasteiger partial charge on any atom is -0.496 e. The molecule has 0 spiro atoms. The molecule has 0 saturated carbocycles. The van der Waals surface area contributed by atoms with Gasteiger partial charge in [0, 0.05) is 11.3 Å². The summed E-state index contributed by atoms with van der Waals surface area (Å²) < 4.78 is 20.7. The second kappa shape index (κ2) is 5.08. The molecular weight excluding hydrogens is 334 g/mol. The molecule has 0 unspecified atom stereocenters. The van der Waals surface area contributed by atoms with E-state index in [0.717, 1.165) is 33.8 Å². The Kier molecular flexibility index (Phi) is 3.04. The highest BCUT2D eigenvalue weighted by molar-refractivity contribution is 7.00. The summed E-state index contributed by atoms with van der Waals surface area (Å²) in [4.78, 5) is 0. The van der Waals surface area contributed by atoms with E-state index < -0.39 is 0 Å². The van der Waals surface area contributed by atoms with E-state index in [9.17, 15) is 0 Å². The molecule has 6 heteroatoms. The molecule has 2 atom stereocenters. The summed E-state index contributed by atoms with van der Waals surface area (Å²) in [7, 11) is 1.71. The van der Waals surface area contributed by atoms with E-state index in [0.29, 0.717) is 12.5 Å². The number of benzene rings is 2. The molecule has 5 rings (SSSR count). The molecule has 0 saturated heterocycles. The number of aromatic nitrogens is 2. The first-order chi connectivity index (χ1) is 12.1. The van der Waals surface area contributed by atoms with Crippen LogP contribution in [0, 0.1) is 5.92 Å². The summed E-state index contributed by atoms with van der Waals surface area (Å²) in [6.45, 7) is 5.26. The minimum absolute atomic E-state index is 0.0540. The van der Waals surface area contributed by atoms with Crippen LogP contribution in [-0.2, 0) is 5.41 Å². The van der Waals surface area contributed by atoms with E-state index in [1.54, 1.807) is 7.11 Å². The molecule has 2 aromatic carbocycles. The highest BCUT2D eigenvalue weighted by atomic mass is 32.1. The third kappa shape index (κ3) is 1.94. The predicted octanol–water partition coefficient (Wildman–Crippen LogP) is 4.15. The lowest BCUT2D eigenvalue weighted by Gasteiger charge is -2.48. The topological polar surface area (TPSA) is 56.3 Å². The van der Waals surface area contributed by atoms with Crippen molar-refractivity contribution in [2.24, 2.45) is 5.92 Å². The number of anilines is 1. The summed E-state index contributed by atoms with van der Waals surface area (Å²) >= 11 is 1.26. The van der Waals surface area contributed by atoms with Crippen molar-refractivity contribution in [3.63, 3.8) is 0 Å². The van der Waals surface area contributed by atoms with Gasteiger partial charge in [0.1, 0.15) is 22.5 Å². The van der Waals surface area contributed by atoms with Crippen molar-refractivity contribution >= 4 is 28.4 Å². The van der Waals surface area contributed by atoms with Gasteiger partial charge < -0.3 is 14.8 Å². The first-order valence-corrected chi connectivity index (χ1v) is 9.16. The van der Waals surface area contributed by atoms with Gasteiger partial charge in [-0.05, 0) is 23.8 Å². The highest BCUT2D eigenvalue weighted by Crippen LogP contribution is 2.54. The Balaban J connectivity index is 1.76. The van der Waals surface area contributed by atoms with Gasteiger partial charge in [0.15, 0.2) is 0 Å². The van der Waals surface area contributed by atoms with Gasteiger partial charge in [0.25, 0.3) is 0 Å². The van der Waals surface area contributed by atoms with Crippen molar-refractivity contribution in [2.75, 3.05) is 19.0 Å². The number of rotatable bonds is 1. The maximum atomic E-state index is 6.11. The Morgan fingerprint density at radius 3 is 2.96 bits per heavy atom.